The van der Waals surface area contributed by atoms with Crippen molar-refractivity contribution in [2.45, 2.75) is 105 Å². The van der Waals surface area contributed by atoms with Crippen LogP contribution in [0.3, 0.4) is 0 Å². The van der Waals surface area contributed by atoms with Gasteiger partial charge in [0.25, 0.3) is 0 Å². The van der Waals surface area contributed by atoms with E-state index in [4.69, 9.17) is 29.4 Å². The zero-order valence-corrected chi connectivity index (χ0v) is 41.1. The predicted molar refractivity (Wildman–Crippen MR) is 265 cm³/mol. The summed E-state index contributed by atoms with van der Waals surface area (Å²) < 4.78 is 10.1. The second-order valence-corrected chi connectivity index (χ2v) is 20.8. The minimum atomic E-state index is -0.490. The molecule has 338 valence electrons. The molecule has 0 aliphatic carbocycles. The van der Waals surface area contributed by atoms with Gasteiger partial charge in [0.2, 0.25) is 0 Å². The Hall–Kier alpha value is -6.05. The number of hydrogen-bond acceptors (Lipinski definition) is 6. The third-order valence-corrected chi connectivity index (χ3v) is 11.8. The van der Waals surface area contributed by atoms with Crippen molar-refractivity contribution in [2.75, 3.05) is 14.2 Å². The average molecular weight is 912 g/mol. The number of hydrogen-bond donors (Lipinski definition) is 0. The first kappa shape index (κ1) is 48.4. The minimum absolute atomic E-state index is 0. The number of methoxy groups -OCH3 is 2. The van der Waals surface area contributed by atoms with Crippen LogP contribution >= 0.6 is 0 Å². The molecule has 9 heteroatoms. The fourth-order valence-electron chi connectivity index (χ4n) is 7.78. The van der Waals surface area contributed by atoms with Gasteiger partial charge in [-0.3, -0.25) is 0 Å². The summed E-state index contributed by atoms with van der Waals surface area (Å²) in [6, 6.07) is 21.5. The van der Waals surface area contributed by atoms with E-state index in [2.05, 4.69) is 119 Å². The van der Waals surface area contributed by atoms with Crippen LogP contribution in [0, 0.1) is 0 Å². The van der Waals surface area contributed by atoms with Gasteiger partial charge < -0.3 is 19.4 Å². The van der Waals surface area contributed by atoms with Crippen molar-refractivity contribution >= 4 is 70.5 Å². The number of aromatic nitrogens is 4. The molecule has 0 spiro atoms. The van der Waals surface area contributed by atoms with E-state index in [9.17, 15) is 9.59 Å². The van der Waals surface area contributed by atoms with Crippen LogP contribution < -0.4 is 9.97 Å². The fourth-order valence-corrected chi connectivity index (χ4v) is 7.78. The molecule has 5 aromatic rings. The number of carbonyl (C=O) groups is 2. The first-order chi connectivity index (χ1) is 29.9. The summed E-state index contributed by atoms with van der Waals surface area (Å²) in [4.78, 5) is 46.7. The molecule has 0 atom stereocenters. The smallest absolute Gasteiger partial charge is 0.657 e. The molecule has 8 bridgehead atoms. The van der Waals surface area contributed by atoms with Gasteiger partial charge in [0.05, 0.1) is 37.0 Å². The normalized spacial score (nSPS) is 13.1. The predicted octanol–water partition coefficient (Wildman–Crippen LogP) is 12.8. The molecular weight excluding hydrogens is 851 g/mol. The Bertz CT molecular complexity index is 2720. The van der Waals surface area contributed by atoms with Crippen molar-refractivity contribution in [3.05, 3.63) is 129 Å². The van der Waals surface area contributed by atoms with E-state index in [1.165, 1.54) is 48.6 Å². The number of carbonyl (C=O) groups excluding carboxylic acids is 2. The Labute approximate surface area is 394 Å². The van der Waals surface area contributed by atoms with Crippen LogP contribution in [0.2, 0.25) is 0 Å². The van der Waals surface area contributed by atoms with Gasteiger partial charge in [-0.05, 0) is 114 Å². The summed E-state index contributed by atoms with van der Waals surface area (Å²) in [5.74, 6) is -0.981. The summed E-state index contributed by atoms with van der Waals surface area (Å²) in [6.45, 7) is 26.7. The van der Waals surface area contributed by atoms with Gasteiger partial charge in [0.1, 0.15) is 0 Å². The molecule has 0 amide bonds. The summed E-state index contributed by atoms with van der Waals surface area (Å²) in [5, 5.41) is 0. The maximum Gasteiger partial charge on any atom is 2.00 e. The molecule has 2 aliphatic heterocycles. The van der Waals surface area contributed by atoms with Crippen LogP contribution in [0.5, 0.6) is 0 Å². The molecular formula is C56H60N4NiO4. The Morgan fingerprint density at radius 1 is 0.462 bits per heavy atom. The standard InChI is InChI=1S/C56H61N4O4.Ni/c1-53(2,3)35-27-33(28-36(31-35)54(4,5)6)51-45-21-17-41(57-45)39(15-25-49(61)63-13)43-19-23-47(59-43)52(34-29-37(55(7,8)9)32-38(30-34)56(10,11)12)48-24-20-44(60-48)40(16-26-50(62)64-14)42-18-22-46(51)58-42;/h15-32H,1-14H3,(H-,57,58,59,60,61,62);/q-1;+2/p-1. The van der Waals surface area contributed by atoms with Crippen LogP contribution in [0.1, 0.15) is 139 Å². The van der Waals surface area contributed by atoms with E-state index in [0.717, 1.165) is 22.3 Å². The first-order valence-electron chi connectivity index (χ1n) is 21.9. The van der Waals surface area contributed by atoms with E-state index < -0.39 is 11.9 Å². The number of rotatable bonds is 6. The number of ether oxygens (including phenoxy) is 2. The molecule has 2 aromatic carbocycles. The Morgan fingerprint density at radius 3 is 1.05 bits per heavy atom. The van der Waals surface area contributed by atoms with Crippen molar-refractivity contribution in [1.82, 2.24) is 19.9 Å². The van der Waals surface area contributed by atoms with Crippen molar-refractivity contribution in [1.29, 1.82) is 0 Å². The first-order valence-corrected chi connectivity index (χ1v) is 21.9. The molecule has 65 heavy (non-hydrogen) atoms. The van der Waals surface area contributed by atoms with E-state index in [1.807, 2.05) is 48.6 Å². The zero-order chi connectivity index (χ0) is 46.5. The van der Waals surface area contributed by atoms with E-state index >= 15 is 0 Å². The van der Waals surface area contributed by atoms with Gasteiger partial charge in [0, 0.05) is 12.2 Å². The SMILES string of the molecule is COC(=O)/C=C/c1c2nc(c(-c3cc(C(C)(C)C)cc(C(C)(C)C)c3)c3ccc([n-]3)c(/C=C/C(=O)OC)c3nc(c(-c4cc(C(C)(C)C)cc(C(C)(C)C)c4)c4ccc1[n-]4)C=C3)C=C2.[Ni+2]. The molecule has 7 rings (SSSR count). The number of benzene rings is 2. The molecule has 5 heterocycles. The molecule has 0 N–H and O–H groups in total. The van der Waals surface area contributed by atoms with Crippen LogP contribution in [0.15, 0.2) is 72.8 Å². The van der Waals surface area contributed by atoms with Crippen LogP contribution in [0.25, 0.3) is 80.8 Å². The second-order valence-electron chi connectivity index (χ2n) is 20.8. The van der Waals surface area contributed by atoms with E-state index in [1.54, 1.807) is 12.2 Å². The molecule has 2 aliphatic rings. The maximum atomic E-state index is 12.7. The van der Waals surface area contributed by atoms with Gasteiger partial charge >= 0.3 is 28.4 Å². The Kier molecular flexibility index (Phi) is 13.5. The summed E-state index contributed by atoms with van der Waals surface area (Å²) >= 11 is 0. The zero-order valence-electron chi connectivity index (χ0n) is 40.1. The van der Waals surface area contributed by atoms with Crippen LogP contribution in [0.4, 0.5) is 0 Å². The molecule has 0 fully saturated rings. The number of esters is 2. The van der Waals surface area contributed by atoms with Crippen LogP contribution in [-0.2, 0) is 57.2 Å². The quantitative estimate of drug-likeness (QED) is 0.0922. The van der Waals surface area contributed by atoms with Crippen LogP contribution in [-0.4, -0.2) is 36.1 Å². The molecule has 0 saturated heterocycles. The van der Waals surface area contributed by atoms with Crippen molar-refractivity contribution in [3.8, 4) is 22.3 Å². The third kappa shape index (κ3) is 10.4. The number of fused-ring (bicyclic) bond motifs is 8. The van der Waals surface area contributed by atoms with E-state index in [-0.39, 0.29) is 38.2 Å². The van der Waals surface area contributed by atoms with Gasteiger partial charge in [-0.2, -0.15) is 0 Å². The summed E-state index contributed by atoms with van der Waals surface area (Å²) in [7, 11) is 2.73. The monoisotopic (exact) mass is 910 g/mol. The van der Waals surface area contributed by atoms with Gasteiger partial charge in [-0.25, -0.2) is 19.6 Å². The largest absolute Gasteiger partial charge is 2.00 e. The minimum Gasteiger partial charge on any atom is -0.657 e. The average Bonchev–Trinajstić information content (AvgIpc) is 4.07. The van der Waals surface area contributed by atoms with Crippen molar-refractivity contribution in [3.63, 3.8) is 0 Å². The Morgan fingerprint density at radius 2 is 0.754 bits per heavy atom. The molecule has 0 saturated carbocycles. The van der Waals surface area contributed by atoms with Crippen molar-refractivity contribution < 1.29 is 35.6 Å². The van der Waals surface area contributed by atoms with E-state index in [0.29, 0.717) is 56.0 Å². The van der Waals surface area contributed by atoms with Gasteiger partial charge in [-0.1, -0.05) is 144 Å². The molecule has 8 nitrogen and oxygen atoms in total. The molecule has 3 aromatic heterocycles. The van der Waals surface area contributed by atoms with Gasteiger partial charge in [-0.15, -0.1) is 22.1 Å². The van der Waals surface area contributed by atoms with Gasteiger partial charge in [0.15, 0.2) is 0 Å². The summed E-state index contributed by atoms with van der Waals surface area (Å²) in [5.41, 5.74) is 14.4. The maximum absolute atomic E-state index is 12.7. The number of nitrogens with zero attached hydrogens (tertiary/aromatic N) is 4. The molecule has 0 unspecified atom stereocenters. The third-order valence-electron chi connectivity index (χ3n) is 11.8. The fraction of sp³-hybridized carbons (Fsp3) is 0.321. The topological polar surface area (TPSA) is 107 Å². The van der Waals surface area contributed by atoms with Crippen molar-refractivity contribution in [2.24, 2.45) is 0 Å². The molecule has 0 radical (unpaired) electrons. The Balaban J connectivity index is 0.00000700. The second kappa shape index (κ2) is 18.1. The summed E-state index contributed by atoms with van der Waals surface area (Å²) in [6.07, 6.45) is 14.2.